The smallest absolute Gasteiger partial charge is 0.251 e. The fraction of sp³-hybridized carbons (Fsp3) is 0.188. The lowest BCUT2D eigenvalue weighted by Crippen LogP contribution is -2.27. The first-order valence-corrected chi connectivity index (χ1v) is 12.4. The van der Waals surface area contributed by atoms with Gasteiger partial charge in [-0.3, -0.25) is 9.78 Å². The summed E-state index contributed by atoms with van der Waals surface area (Å²) in [5, 5.41) is 4.20. The average Bonchev–Trinajstić information content (AvgIpc) is 3.14. The first-order chi connectivity index (χ1) is 17.4. The second-order valence-electron chi connectivity index (χ2n) is 9.55. The molecule has 36 heavy (non-hydrogen) atoms. The van der Waals surface area contributed by atoms with Gasteiger partial charge in [0.2, 0.25) is 0 Å². The van der Waals surface area contributed by atoms with Crippen molar-refractivity contribution in [2.24, 2.45) is 0 Å². The maximum atomic E-state index is 13.0. The van der Waals surface area contributed by atoms with Crippen LogP contribution >= 0.6 is 0 Å². The molecule has 0 radical (unpaired) electrons. The number of pyridine rings is 1. The zero-order valence-electron chi connectivity index (χ0n) is 21.2. The topological polar surface area (TPSA) is 46.9 Å². The lowest BCUT2D eigenvalue weighted by atomic mass is 10.0. The van der Waals surface area contributed by atoms with Crippen molar-refractivity contribution >= 4 is 16.8 Å². The number of aromatic nitrogens is 2. The van der Waals surface area contributed by atoms with Crippen molar-refractivity contribution in [3.63, 3.8) is 0 Å². The Labute approximate surface area is 212 Å². The van der Waals surface area contributed by atoms with Gasteiger partial charge in [-0.2, -0.15) is 0 Å². The van der Waals surface area contributed by atoms with Gasteiger partial charge in [-0.05, 0) is 79.8 Å². The lowest BCUT2D eigenvalue weighted by molar-refractivity contribution is 0.0939. The average molecular weight is 474 g/mol. The van der Waals surface area contributed by atoms with Crippen LogP contribution in [0.3, 0.4) is 0 Å². The van der Waals surface area contributed by atoms with Crippen LogP contribution in [-0.2, 0) is 6.54 Å². The second kappa shape index (κ2) is 9.82. The minimum absolute atomic E-state index is 0.0897. The fourth-order valence-electron chi connectivity index (χ4n) is 4.70. The number of carbonyl (C=O) groups is 1. The number of fused-ring (bicyclic) bond motifs is 1. The summed E-state index contributed by atoms with van der Waals surface area (Å²) in [6, 6.07) is 29.0. The summed E-state index contributed by atoms with van der Waals surface area (Å²) < 4.78 is 2.34. The molecule has 0 aliphatic carbocycles. The van der Waals surface area contributed by atoms with Crippen molar-refractivity contribution < 1.29 is 4.79 Å². The third-order valence-corrected chi connectivity index (χ3v) is 7.03. The molecule has 0 aliphatic rings. The third kappa shape index (κ3) is 4.67. The Hall–Kier alpha value is -4.18. The Bertz CT molecular complexity index is 1510. The van der Waals surface area contributed by atoms with E-state index in [9.17, 15) is 4.79 Å². The quantitative estimate of drug-likeness (QED) is 0.284. The maximum absolute atomic E-state index is 13.0. The van der Waals surface area contributed by atoms with Gasteiger partial charge in [-0.25, -0.2) is 0 Å². The van der Waals surface area contributed by atoms with E-state index in [4.69, 9.17) is 0 Å². The van der Waals surface area contributed by atoms with Gasteiger partial charge in [0, 0.05) is 34.9 Å². The van der Waals surface area contributed by atoms with E-state index in [0.717, 1.165) is 28.7 Å². The van der Waals surface area contributed by atoms with E-state index in [2.05, 4.69) is 83.3 Å². The van der Waals surface area contributed by atoms with Crippen LogP contribution in [0.2, 0.25) is 0 Å². The number of hydrogen-bond donors (Lipinski definition) is 1. The molecule has 0 spiro atoms. The van der Waals surface area contributed by atoms with Crippen LogP contribution in [0.25, 0.3) is 22.0 Å². The van der Waals surface area contributed by atoms with E-state index in [0.29, 0.717) is 5.56 Å². The number of carbonyl (C=O) groups excluding carboxylic acids is 1. The number of aryl methyl sites for hydroxylation is 2. The molecule has 3 aromatic carbocycles. The summed E-state index contributed by atoms with van der Waals surface area (Å²) >= 11 is 0. The van der Waals surface area contributed by atoms with Crippen molar-refractivity contribution in [3.8, 4) is 11.1 Å². The molecule has 0 unspecified atom stereocenters. The summed E-state index contributed by atoms with van der Waals surface area (Å²) in [6.07, 6.45) is 1.83. The Morgan fingerprint density at radius 2 is 1.61 bits per heavy atom. The first-order valence-electron chi connectivity index (χ1n) is 12.4. The van der Waals surface area contributed by atoms with Gasteiger partial charge in [0.25, 0.3) is 5.91 Å². The fourth-order valence-corrected chi connectivity index (χ4v) is 4.70. The molecule has 180 valence electrons. The van der Waals surface area contributed by atoms with E-state index in [1.54, 1.807) is 0 Å². The Balaban J connectivity index is 1.37. The number of benzene rings is 3. The van der Waals surface area contributed by atoms with Crippen LogP contribution in [0.5, 0.6) is 0 Å². The van der Waals surface area contributed by atoms with Gasteiger partial charge < -0.3 is 9.88 Å². The molecule has 1 atom stereocenters. The standard InChI is InChI=1S/C32H31N3O/c1-21-10-16-30(33-19-21)23(3)34-32(36)28-15-17-31-29(18-28)22(2)24(4)35(31)20-25-11-13-27(14-12-25)26-8-6-5-7-9-26/h5-19,23H,20H2,1-4H3,(H,34,36)/t23-/m0/s1. The SMILES string of the molecule is Cc1ccc([C@H](C)NC(=O)c2ccc3c(c2)c(C)c(C)n3Cc2ccc(-c3ccccc3)cc2)nc1. The van der Waals surface area contributed by atoms with Crippen LogP contribution in [0.1, 0.15) is 51.4 Å². The highest BCUT2D eigenvalue weighted by Crippen LogP contribution is 2.28. The van der Waals surface area contributed by atoms with Crippen LogP contribution in [-0.4, -0.2) is 15.5 Å². The number of amides is 1. The van der Waals surface area contributed by atoms with E-state index < -0.39 is 0 Å². The Morgan fingerprint density at radius 1 is 0.889 bits per heavy atom. The van der Waals surface area contributed by atoms with E-state index in [1.165, 1.54) is 27.9 Å². The zero-order valence-corrected chi connectivity index (χ0v) is 21.2. The first kappa shape index (κ1) is 23.6. The summed E-state index contributed by atoms with van der Waals surface area (Å²) in [7, 11) is 0. The van der Waals surface area contributed by atoms with Crippen LogP contribution in [0, 0.1) is 20.8 Å². The maximum Gasteiger partial charge on any atom is 0.251 e. The molecule has 0 fully saturated rings. The van der Waals surface area contributed by atoms with Gasteiger partial charge >= 0.3 is 0 Å². The van der Waals surface area contributed by atoms with Crippen molar-refractivity contribution in [3.05, 3.63) is 125 Å². The molecule has 5 aromatic rings. The van der Waals surface area contributed by atoms with E-state index >= 15 is 0 Å². The molecule has 5 rings (SSSR count). The number of hydrogen-bond acceptors (Lipinski definition) is 2. The second-order valence-corrected chi connectivity index (χ2v) is 9.55. The normalized spacial score (nSPS) is 12.0. The molecular formula is C32H31N3O. The highest BCUT2D eigenvalue weighted by Gasteiger charge is 2.16. The highest BCUT2D eigenvalue weighted by molar-refractivity contribution is 5.99. The number of nitrogens with zero attached hydrogens (tertiary/aromatic N) is 2. The predicted molar refractivity (Wildman–Crippen MR) is 147 cm³/mol. The van der Waals surface area contributed by atoms with E-state index in [-0.39, 0.29) is 11.9 Å². The van der Waals surface area contributed by atoms with Gasteiger partial charge in [0.05, 0.1) is 11.7 Å². The van der Waals surface area contributed by atoms with Crippen LogP contribution < -0.4 is 5.32 Å². The Kier molecular flexibility index (Phi) is 6.43. The van der Waals surface area contributed by atoms with Gasteiger partial charge in [0.15, 0.2) is 0 Å². The number of nitrogens with one attached hydrogen (secondary N) is 1. The molecule has 4 heteroatoms. The molecule has 2 heterocycles. The molecule has 1 amide bonds. The van der Waals surface area contributed by atoms with Crippen molar-refractivity contribution in [1.29, 1.82) is 0 Å². The van der Waals surface area contributed by atoms with Gasteiger partial charge in [-0.15, -0.1) is 0 Å². The lowest BCUT2D eigenvalue weighted by Gasteiger charge is -2.14. The molecule has 0 aliphatic heterocycles. The predicted octanol–water partition coefficient (Wildman–Crippen LogP) is 7.17. The number of rotatable bonds is 6. The Morgan fingerprint density at radius 3 is 2.31 bits per heavy atom. The zero-order chi connectivity index (χ0) is 25.2. The molecule has 2 aromatic heterocycles. The van der Waals surface area contributed by atoms with Crippen LogP contribution in [0.15, 0.2) is 91.1 Å². The molecule has 0 saturated heterocycles. The van der Waals surface area contributed by atoms with Gasteiger partial charge in [-0.1, -0.05) is 60.7 Å². The minimum atomic E-state index is -0.167. The van der Waals surface area contributed by atoms with Crippen molar-refractivity contribution in [2.45, 2.75) is 40.3 Å². The summed E-state index contributed by atoms with van der Waals surface area (Å²) in [6.45, 7) is 9.03. The van der Waals surface area contributed by atoms with Crippen molar-refractivity contribution in [1.82, 2.24) is 14.9 Å². The van der Waals surface area contributed by atoms with Crippen molar-refractivity contribution in [2.75, 3.05) is 0 Å². The summed E-state index contributed by atoms with van der Waals surface area (Å²) in [5.74, 6) is -0.0897. The van der Waals surface area contributed by atoms with Gasteiger partial charge in [0.1, 0.15) is 0 Å². The molecular weight excluding hydrogens is 442 g/mol. The summed E-state index contributed by atoms with van der Waals surface area (Å²) in [5.41, 5.74) is 9.86. The molecule has 1 N–H and O–H groups in total. The molecule has 0 bridgehead atoms. The highest BCUT2D eigenvalue weighted by atomic mass is 16.1. The monoisotopic (exact) mass is 473 g/mol. The molecule has 0 saturated carbocycles. The largest absolute Gasteiger partial charge is 0.344 e. The van der Waals surface area contributed by atoms with E-state index in [1.807, 2.05) is 50.4 Å². The summed E-state index contributed by atoms with van der Waals surface area (Å²) in [4.78, 5) is 17.5. The third-order valence-electron chi connectivity index (χ3n) is 7.03. The van der Waals surface area contributed by atoms with Crippen LogP contribution in [0.4, 0.5) is 0 Å². The molecule has 4 nitrogen and oxygen atoms in total. The minimum Gasteiger partial charge on any atom is -0.344 e.